The predicted octanol–water partition coefficient (Wildman–Crippen LogP) is 3.94. The van der Waals surface area contributed by atoms with E-state index in [0.29, 0.717) is 28.6 Å². The smallest absolute Gasteiger partial charge is 0.258 e. The van der Waals surface area contributed by atoms with Crippen LogP contribution < -0.4 is 4.74 Å². The van der Waals surface area contributed by atoms with E-state index in [-0.39, 0.29) is 6.10 Å². The Labute approximate surface area is 149 Å². The third-order valence-corrected chi connectivity index (χ3v) is 3.83. The van der Waals surface area contributed by atoms with E-state index in [0.717, 1.165) is 16.5 Å². The third-order valence-electron chi connectivity index (χ3n) is 3.83. The van der Waals surface area contributed by atoms with Gasteiger partial charge in [-0.05, 0) is 50.2 Å². The van der Waals surface area contributed by atoms with Crippen LogP contribution in [0, 0.1) is 11.3 Å². The van der Waals surface area contributed by atoms with Crippen molar-refractivity contribution in [2.45, 2.75) is 20.0 Å². The van der Waals surface area contributed by atoms with E-state index < -0.39 is 0 Å². The fourth-order valence-corrected chi connectivity index (χ4v) is 2.65. The normalized spacial score (nSPS) is 11.0. The number of fused-ring (bicyclic) bond motifs is 1. The van der Waals surface area contributed by atoms with Gasteiger partial charge in [-0.15, -0.1) is 0 Å². The number of H-pyrrole nitrogens is 1. The quantitative estimate of drug-likeness (QED) is 0.601. The molecule has 4 aromatic rings. The topological polar surface area (TPSA) is 101 Å². The van der Waals surface area contributed by atoms with Crippen LogP contribution in [0.4, 0.5) is 0 Å². The summed E-state index contributed by atoms with van der Waals surface area (Å²) in [7, 11) is 0. The number of nitrogens with one attached hydrogen (secondary N) is 1. The molecule has 7 heteroatoms. The number of aromatic amines is 1. The first-order valence-corrected chi connectivity index (χ1v) is 8.12. The highest BCUT2D eigenvalue weighted by Crippen LogP contribution is 2.28. The molecule has 0 amide bonds. The maximum atomic E-state index is 9.36. The molecule has 0 aliphatic rings. The van der Waals surface area contributed by atoms with Gasteiger partial charge in [0.15, 0.2) is 0 Å². The summed E-state index contributed by atoms with van der Waals surface area (Å²) in [5.74, 6) is 1.36. The molecular weight excluding hydrogens is 330 g/mol. The Morgan fingerprint density at radius 2 is 2.00 bits per heavy atom. The third kappa shape index (κ3) is 2.89. The summed E-state index contributed by atoms with van der Waals surface area (Å²) in [4.78, 5) is 4.45. The average Bonchev–Trinajstić information content (AvgIpc) is 3.30. The summed E-state index contributed by atoms with van der Waals surface area (Å²) in [5.41, 5.74) is 2.86. The number of hydrogen-bond donors (Lipinski definition) is 1. The first-order valence-electron chi connectivity index (χ1n) is 8.12. The Balaban J connectivity index is 1.68. The maximum absolute atomic E-state index is 9.36. The lowest BCUT2D eigenvalue weighted by molar-refractivity contribution is 0.242. The Bertz CT molecular complexity index is 1120. The van der Waals surface area contributed by atoms with E-state index in [1.54, 1.807) is 24.4 Å². The molecule has 0 saturated heterocycles. The fraction of sp³-hybridized carbons (Fsp3) is 0.158. The van der Waals surface area contributed by atoms with Crippen molar-refractivity contribution in [3.05, 3.63) is 48.2 Å². The number of aromatic nitrogens is 4. The van der Waals surface area contributed by atoms with Crippen molar-refractivity contribution in [2.24, 2.45) is 0 Å². The Kier molecular flexibility index (Phi) is 3.86. The second-order valence-corrected chi connectivity index (χ2v) is 6.08. The van der Waals surface area contributed by atoms with Gasteiger partial charge >= 0.3 is 0 Å². The zero-order chi connectivity index (χ0) is 18.1. The molecule has 0 fully saturated rings. The van der Waals surface area contributed by atoms with E-state index in [9.17, 15) is 5.26 Å². The molecule has 0 atom stereocenters. The van der Waals surface area contributed by atoms with Gasteiger partial charge in [0.25, 0.3) is 5.89 Å². The molecule has 0 aliphatic heterocycles. The molecule has 4 rings (SSSR count). The molecule has 0 radical (unpaired) electrons. The van der Waals surface area contributed by atoms with Gasteiger partial charge < -0.3 is 9.26 Å². The fourth-order valence-electron chi connectivity index (χ4n) is 2.65. The Morgan fingerprint density at radius 1 is 1.15 bits per heavy atom. The number of hydrogen-bond acceptors (Lipinski definition) is 6. The molecule has 1 N–H and O–H groups in total. The SMILES string of the molecule is CC(C)Oc1ccc(-c2nc(-c3ccc4[nH]ncc4c3)no2)cc1C#N. The van der Waals surface area contributed by atoms with Crippen LogP contribution in [-0.4, -0.2) is 26.4 Å². The zero-order valence-corrected chi connectivity index (χ0v) is 14.2. The molecular formula is C19H15N5O2. The molecule has 2 heterocycles. The number of nitrogens with zero attached hydrogens (tertiary/aromatic N) is 4. The summed E-state index contributed by atoms with van der Waals surface area (Å²) in [6, 6.07) is 13.1. The summed E-state index contributed by atoms with van der Waals surface area (Å²) in [5, 5.41) is 21.3. The molecule has 2 aromatic heterocycles. The lowest BCUT2D eigenvalue weighted by Gasteiger charge is -2.11. The largest absolute Gasteiger partial charge is 0.490 e. The molecule has 0 unspecified atom stereocenters. The maximum Gasteiger partial charge on any atom is 0.258 e. The van der Waals surface area contributed by atoms with E-state index in [2.05, 4.69) is 26.4 Å². The molecule has 7 nitrogen and oxygen atoms in total. The minimum absolute atomic E-state index is 0.0132. The first kappa shape index (κ1) is 15.8. The lowest BCUT2D eigenvalue weighted by atomic mass is 10.1. The van der Waals surface area contributed by atoms with Gasteiger partial charge in [0.05, 0.1) is 23.4 Å². The van der Waals surface area contributed by atoms with Crippen molar-refractivity contribution in [1.29, 1.82) is 5.26 Å². The van der Waals surface area contributed by atoms with Gasteiger partial charge in [0.2, 0.25) is 5.82 Å². The number of nitriles is 1. The monoisotopic (exact) mass is 345 g/mol. The number of ether oxygens (including phenoxy) is 1. The molecule has 0 aliphatic carbocycles. The van der Waals surface area contributed by atoms with Crippen LogP contribution >= 0.6 is 0 Å². The second kappa shape index (κ2) is 6.33. The van der Waals surface area contributed by atoms with E-state index in [1.165, 1.54) is 0 Å². The zero-order valence-electron chi connectivity index (χ0n) is 14.2. The molecule has 128 valence electrons. The van der Waals surface area contributed by atoms with Gasteiger partial charge in [-0.25, -0.2) is 0 Å². The number of benzene rings is 2. The summed E-state index contributed by atoms with van der Waals surface area (Å²) >= 11 is 0. The highest BCUT2D eigenvalue weighted by atomic mass is 16.5. The number of rotatable bonds is 4. The first-order chi connectivity index (χ1) is 12.6. The highest BCUT2D eigenvalue weighted by molar-refractivity contribution is 5.82. The highest BCUT2D eigenvalue weighted by Gasteiger charge is 2.14. The summed E-state index contributed by atoms with van der Waals surface area (Å²) < 4.78 is 11.0. The van der Waals surface area contributed by atoms with E-state index in [1.807, 2.05) is 32.0 Å². The van der Waals surface area contributed by atoms with Gasteiger partial charge in [-0.3, -0.25) is 5.10 Å². The molecule has 26 heavy (non-hydrogen) atoms. The molecule has 2 aromatic carbocycles. The minimum atomic E-state index is -0.0132. The predicted molar refractivity (Wildman–Crippen MR) is 95.3 cm³/mol. The van der Waals surface area contributed by atoms with Crippen molar-refractivity contribution in [1.82, 2.24) is 20.3 Å². The van der Waals surface area contributed by atoms with E-state index in [4.69, 9.17) is 9.26 Å². The molecule has 0 saturated carbocycles. The van der Waals surface area contributed by atoms with Crippen molar-refractivity contribution in [3.63, 3.8) is 0 Å². The van der Waals surface area contributed by atoms with Crippen LogP contribution in [0.15, 0.2) is 47.1 Å². The average molecular weight is 345 g/mol. The summed E-state index contributed by atoms with van der Waals surface area (Å²) in [6.45, 7) is 3.83. The van der Waals surface area contributed by atoms with Crippen molar-refractivity contribution < 1.29 is 9.26 Å². The van der Waals surface area contributed by atoms with Crippen LogP contribution in [0.1, 0.15) is 19.4 Å². The van der Waals surface area contributed by atoms with Crippen LogP contribution in [0.5, 0.6) is 5.75 Å². The van der Waals surface area contributed by atoms with Gasteiger partial charge in [-0.2, -0.15) is 15.3 Å². The standard InChI is InChI=1S/C19H15N5O2/c1-11(2)25-17-6-4-13(8-14(17)9-20)19-22-18(24-26-19)12-3-5-16-15(7-12)10-21-23-16/h3-8,10-11H,1-2H3,(H,21,23). The van der Waals surface area contributed by atoms with Gasteiger partial charge in [0, 0.05) is 16.5 Å². The van der Waals surface area contributed by atoms with Gasteiger partial charge in [-0.1, -0.05) is 5.16 Å². The molecule has 0 spiro atoms. The van der Waals surface area contributed by atoms with Gasteiger partial charge in [0.1, 0.15) is 11.8 Å². The second-order valence-electron chi connectivity index (χ2n) is 6.08. The van der Waals surface area contributed by atoms with Crippen molar-refractivity contribution in [2.75, 3.05) is 0 Å². The van der Waals surface area contributed by atoms with E-state index >= 15 is 0 Å². The van der Waals surface area contributed by atoms with Crippen LogP contribution in [0.3, 0.4) is 0 Å². The molecule has 0 bridgehead atoms. The Hall–Kier alpha value is -3.66. The van der Waals surface area contributed by atoms with Crippen molar-refractivity contribution in [3.8, 4) is 34.7 Å². The van der Waals surface area contributed by atoms with Crippen LogP contribution in [0.2, 0.25) is 0 Å². The summed E-state index contributed by atoms with van der Waals surface area (Å²) in [6.07, 6.45) is 1.73. The minimum Gasteiger partial charge on any atom is -0.490 e. The van der Waals surface area contributed by atoms with Crippen LogP contribution in [-0.2, 0) is 0 Å². The Morgan fingerprint density at radius 3 is 2.81 bits per heavy atom. The van der Waals surface area contributed by atoms with Crippen LogP contribution in [0.25, 0.3) is 33.7 Å². The lowest BCUT2D eigenvalue weighted by Crippen LogP contribution is -2.06. The van der Waals surface area contributed by atoms with Crippen molar-refractivity contribution >= 4 is 10.9 Å².